The smallest absolute Gasteiger partial charge is 0.245 e. The molecule has 0 bridgehead atoms. The van der Waals surface area contributed by atoms with Gasteiger partial charge in [0.05, 0.1) is 18.1 Å². The van der Waals surface area contributed by atoms with Gasteiger partial charge in [0.25, 0.3) is 0 Å². The molecule has 1 aromatic rings. The van der Waals surface area contributed by atoms with Crippen LogP contribution in [-0.2, 0) is 19.9 Å². The zero-order valence-corrected chi connectivity index (χ0v) is 18.1. The summed E-state index contributed by atoms with van der Waals surface area (Å²) in [6.07, 6.45) is 5.29. The fraction of sp³-hybridized carbons (Fsp3) is 0.412. The first-order valence-corrected chi connectivity index (χ1v) is 12.7. The summed E-state index contributed by atoms with van der Waals surface area (Å²) in [5.41, 5.74) is 0.828. The Bertz CT molecular complexity index is 943. The standard InChI is InChI=1S/C13H19NO3S.C4H6N2O2S2/c1-3-14-11-8-13(18(15,16)9-11)10-5-4-6-12(7-10)17-2;5-10(7,8)4-2-1-3-6-9-4/h4-7,11,13-14H,3,8-9H2,1-2H3;1-3,6H,(H2,5,7,8)/t11?,13-;/m1./s1. The summed E-state index contributed by atoms with van der Waals surface area (Å²) in [4.78, 5) is 0. The van der Waals surface area contributed by atoms with Crippen LogP contribution in [0.15, 0.2) is 46.9 Å². The van der Waals surface area contributed by atoms with Gasteiger partial charge >= 0.3 is 0 Å². The molecule has 1 saturated heterocycles. The fourth-order valence-electron chi connectivity index (χ4n) is 2.93. The molecule has 11 heteroatoms. The summed E-state index contributed by atoms with van der Waals surface area (Å²) in [6.45, 7) is 2.79. The molecule has 0 amide bonds. The highest BCUT2D eigenvalue weighted by Gasteiger charge is 2.38. The van der Waals surface area contributed by atoms with Gasteiger partial charge in [-0.3, -0.25) is 0 Å². The second-order valence-corrected chi connectivity index (χ2v) is 11.1. The molecule has 2 atom stereocenters. The number of methoxy groups -OCH3 is 1. The average molecular weight is 448 g/mol. The summed E-state index contributed by atoms with van der Waals surface area (Å²) in [7, 11) is -4.98. The van der Waals surface area contributed by atoms with Crippen LogP contribution in [0.1, 0.15) is 24.2 Å². The molecule has 0 saturated carbocycles. The molecule has 0 aliphatic carbocycles. The molecule has 8 nitrogen and oxygen atoms in total. The van der Waals surface area contributed by atoms with Gasteiger partial charge in [0.1, 0.15) is 9.99 Å². The number of benzene rings is 1. The molecule has 156 valence electrons. The molecule has 1 fully saturated rings. The van der Waals surface area contributed by atoms with Crippen LogP contribution >= 0.6 is 11.9 Å². The Morgan fingerprint density at radius 2 is 2.14 bits per heavy atom. The van der Waals surface area contributed by atoms with Gasteiger partial charge in [0.15, 0.2) is 9.84 Å². The van der Waals surface area contributed by atoms with E-state index in [1.54, 1.807) is 19.4 Å². The Kier molecular flexibility index (Phi) is 7.96. The summed E-state index contributed by atoms with van der Waals surface area (Å²) < 4.78 is 53.5. The number of hydrogen-bond acceptors (Lipinski definition) is 8. The topological polar surface area (TPSA) is 128 Å². The van der Waals surface area contributed by atoms with Crippen molar-refractivity contribution in [2.75, 3.05) is 19.4 Å². The minimum Gasteiger partial charge on any atom is -0.497 e. The van der Waals surface area contributed by atoms with Gasteiger partial charge < -0.3 is 14.8 Å². The van der Waals surface area contributed by atoms with Gasteiger partial charge in [-0.05, 0) is 54.8 Å². The first-order chi connectivity index (χ1) is 13.2. The van der Waals surface area contributed by atoms with Crippen molar-refractivity contribution < 1.29 is 21.6 Å². The van der Waals surface area contributed by atoms with Crippen molar-refractivity contribution in [1.82, 2.24) is 10.0 Å². The predicted octanol–water partition coefficient (Wildman–Crippen LogP) is 1.41. The maximum atomic E-state index is 12.2. The number of ether oxygens (including phenoxy) is 1. The lowest BCUT2D eigenvalue weighted by atomic mass is 10.1. The summed E-state index contributed by atoms with van der Waals surface area (Å²) in [6, 6.07) is 7.41. The Morgan fingerprint density at radius 3 is 2.68 bits per heavy atom. The summed E-state index contributed by atoms with van der Waals surface area (Å²) >= 11 is 0.981. The zero-order valence-electron chi connectivity index (χ0n) is 15.7. The van der Waals surface area contributed by atoms with E-state index in [1.165, 1.54) is 6.08 Å². The molecule has 2 aliphatic heterocycles. The maximum Gasteiger partial charge on any atom is 0.245 e. The van der Waals surface area contributed by atoms with Crippen LogP contribution in [0.25, 0.3) is 0 Å². The Labute approximate surface area is 170 Å². The third kappa shape index (κ3) is 6.24. The summed E-state index contributed by atoms with van der Waals surface area (Å²) in [5.74, 6) is 0.928. The second kappa shape index (κ2) is 9.79. The second-order valence-electron chi connectivity index (χ2n) is 6.19. The van der Waals surface area contributed by atoms with E-state index in [4.69, 9.17) is 9.88 Å². The van der Waals surface area contributed by atoms with Crippen LogP contribution in [0.3, 0.4) is 0 Å². The Morgan fingerprint density at radius 1 is 1.39 bits per heavy atom. The monoisotopic (exact) mass is 447 g/mol. The van der Waals surface area contributed by atoms with E-state index in [9.17, 15) is 16.8 Å². The highest BCUT2D eigenvalue weighted by Crippen LogP contribution is 2.36. The number of nitrogens with two attached hydrogens (primary N) is 1. The molecule has 1 unspecified atom stereocenters. The van der Waals surface area contributed by atoms with Crippen LogP contribution < -0.4 is 19.9 Å². The SMILES string of the molecule is CCNC1C[C@H](c2cccc(OC)c2)S(=O)(=O)C1.NS(=O)(=O)C1=CC=CNS1. The van der Waals surface area contributed by atoms with Crippen molar-refractivity contribution in [2.24, 2.45) is 5.14 Å². The van der Waals surface area contributed by atoms with E-state index in [2.05, 4.69) is 10.0 Å². The first-order valence-electron chi connectivity index (χ1n) is 8.58. The molecule has 0 aromatic heterocycles. The fourth-order valence-corrected chi connectivity index (χ4v) is 6.35. The van der Waals surface area contributed by atoms with Gasteiger partial charge in [0, 0.05) is 12.2 Å². The number of nitrogens with one attached hydrogen (secondary N) is 2. The van der Waals surface area contributed by atoms with E-state index in [1.807, 2.05) is 31.2 Å². The zero-order chi connectivity index (χ0) is 20.8. The van der Waals surface area contributed by atoms with Gasteiger partial charge in [-0.2, -0.15) is 0 Å². The number of sulfone groups is 1. The van der Waals surface area contributed by atoms with Crippen molar-refractivity contribution >= 4 is 31.8 Å². The largest absolute Gasteiger partial charge is 0.497 e. The van der Waals surface area contributed by atoms with Crippen molar-refractivity contribution in [3.05, 3.63) is 52.4 Å². The van der Waals surface area contributed by atoms with Gasteiger partial charge in [-0.1, -0.05) is 19.1 Å². The van der Waals surface area contributed by atoms with E-state index < -0.39 is 25.1 Å². The van der Waals surface area contributed by atoms with E-state index in [0.29, 0.717) is 12.2 Å². The average Bonchev–Trinajstić information content (AvgIpc) is 2.97. The van der Waals surface area contributed by atoms with Crippen LogP contribution in [-0.4, -0.2) is 42.3 Å². The lowest BCUT2D eigenvalue weighted by Crippen LogP contribution is -2.29. The molecule has 3 rings (SSSR count). The van der Waals surface area contributed by atoms with Crippen molar-refractivity contribution in [3.63, 3.8) is 0 Å². The minimum atomic E-state index is -3.52. The molecule has 28 heavy (non-hydrogen) atoms. The molecule has 0 radical (unpaired) electrons. The molecule has 4 N–H and O–H groups in total. The number of sulfonamides is 1. The van der Waals surface area contributed by atoms with Crippen LogP contribution in [0.4, 0.5) is 0 Å². The number of hydrogen-bond donors (Lipinski definition) is 3. The first kappa shape index (κ1) is 22.8. The summed E-state index contributed by atoms with van der Waals surface area (Å²) in [5, 5.41) is 7.63. The van der Waals surface area contributed by atoms with Crippen LogP contribution in [0, 0.1) is 0 Å². The van der Waals surface area contributed by atoms with Crippen molar-refractivity contribution in [3.8, 4) is 5.75 Å². The molecule has 2 aliphatic rings. The van der Waals surface area contributed by atoms with E-state index in [-0.39, 0.29) is 16.0 Å². The molecular weight excluding hydrogens is 422 g/mol. The van der Waals surface area contributed by atoms with Gasteiger partial charge in [0.2, 0.25) is 10.0 Å². The van der Waals surface area contributed by atoms with Gasteiger partial charge in [-0.25, -0.2) is 22.0 Å². The van der Waals surface area contributed by atoms with E-state index in [0.717, 1.165) is 24.1 Å². The lowest BCUT2D eigenvalue weighted by Gasteiger charge is -2.11. The third-order valence-corrected chi connectivity index (χ3v) is 8.59. The molecular formula is C17H25N3O5S3. The van der Waals surface area contributed by atoms with Crippen molar-refractivity contribution in [2.45, 2.75) is 24.6 Å². The number of allylic oxidation sites excluding steroid dienone is 2. The maximum absolute atomic E-state index is 12.2. The Hall–Kier alpha value is -1.53. The lowest BCUT2D eigenvalue weighted by molar-refractivity contribution is 0.414. The highest BCUT2D eigenvalue weighted by molar-refractivity contribution is 8.17. The number of rotatable bonds is 5. The quantitative estimate of drug-likeness (QED) is 0.578. The number of primary sulfonamides is 1. The van der Waals surface area contributed by atoms with E-state index >= 15 is 0 Å². The van der Waals surface area contributed by atoms with Gasteiger partial charge in [-0.15, -0.1) is 0 Å². The predicted molar refractivity (Wildman–Crippen MR) is 113 cm³/mol. The third-order valence-electron chi connectivity index (χ3n) is 4.16. The van der Waals surface area contributed by atoms with Crippen molar-refractivity contribution in [1.29, 1.82) is 0 Å². The Balaban J connectivity index is 0.000000237. The highest BCUT2D eigenvalue weighted by atomic mass is 32.3. The van der Waals surface area contributed by atoms with Crippen LogP contribution in [0.5, 0.6) is 5.75 Å². The van der Waals surface area contributed by atoms with Crippen LogP contribution in [0.2, 0.25) is 0 Å². The molecule has 2 heterocycles. The molecule has 0 spiro atoms. The molecule has 1 aromatic carbocycles. The minimum absolute atomic E-state index is 0.0659. The normalized spacial score (nSPS) is 23.2.